The number of esters is 1. The number of nitrogens with zero attached hydrogens (tertiary/aromatic N) is 1. The van der Waals surface area contributed by atoms with Crippen molar-refractivity contribution in [3.05, 3.63) is 35.9 Å². The van der Waals surface area contributed by atoms with Gasteiger partial charge in [0.05, 0.1) is 6.04 Å². The van der Waals surface area contributed by atoms with Gasteiger partial charge in [-0.2, -0.15) is 0 Å². The molecular formula is C35H51N5O7. The molecule has 4 rings (SSSR count). The highest BCUT2D eigenvalue weighted by atomic mass is 16.5. The van der Waals surface area contributed by atoms with Crippen LogP contribution in [-0.2, 0) is 35.3 Å². The smallest absolute Gasteiger partial charge is 0.329 e. The molecule has 0 aromatic heterocycles. The third-order valence-electron chi connectivity index (χ3n) is 10.3. The highest BCUT2D eigenvalue weighted by Gasteiger charge is 2.70. The van der Waals surface area contributed by atoms with E-state index in [0.717, 1.165) is 18.4 Å². The van der Waals surface area contributed by atoms with E-state index in [1.807, 2.05) is 78.8 Å². The lowest BCUT2D eigenvalue weighted by Gasteiger charge is -2.38. The first kappa shape index (κ1) is 35.9. The van der Waals surface area contributed by atoms with Crippen LogP contribution in [-0.4, -0.2) is 71.1 Å². The Morgan fingerprint density at radius 2 is 1.66 bits per heavy atom. The number of Topliss-reactive ketones (excluding diaryl/α,β-unsaturated/α-hetero) is 1. The van der Waals surface area contributed by atoms with E-state index in [4.69, 9.17) is 10.5 Å². The van der Waals surface area contributed by atoms with E-state index in [2.05, 4.69) is 16.0 Å². The number of urea groups is 1. The van der Waals surface area contributed by atoms with Gasteiger partial charge in [0.25, 0.3) is 5.91 Å². The van der Waals surface area contributed by atoms with Crippen molar-refractivity contribution in [2.24, 2.45) is 40.2 Å². The number of hydrogen-bond donors (Lipinski definition) is 4. The van der Waals surface area contributed by atoms with Gasteiger partial charge >= 0.3 is 12.0 Å². The molecule has 2 aliphatic carbocycles. The maximum Gasteiger partial charge on any atom is 0.329 e. The molecule has 12 heteroatoms. The minimum atomic E-state index is -1.11. The number of rotatable bonds is 14. The Bertz CT molecular complexity index is 1370. The number of nitrogens with two attached hydrogens (primary N) is 1. The van der Waals surface area contributed by atoms with Crippen LogP contribution in [0.4, 0.5) is 4.79 Å². The number of fused-ring (bicyclic) bond motifs is 1. The van der Waals surface area contributed by atoms with Crippen molar-refractivity contribution in [2.75, 3.05) is 6.54 Å². The Balaban J connectivity index is 1.49. The monoisotopic (exact) mass is 653 g/mol. The Labute approximate surface area is 277 Å². The van der Waals surface area contributed by atoms with Gasteiger partial charge in [0.15, 0.2) is 0 Å². The molecule has 5 N–H and O–H groups in total. The molecule has 47 heavy (non-hydrogen) atoms. The highest BCUT2D eigenvalue weighted by Crippen LogP contribution is 2.65. The Kier molecular flexibility index (Phi) is 10.7. The number of carbonyl (C=O) groups is 6. The van der Waals surface area contributed by atoms with Gasteiger partial charge in [0, 0.05) is 6.54 Å². The van der Waals surface area contributed by atoms with Gasteiger partial charge in [0.2, 0.25) is 17.6 Å². The number of ketones is 1. The molecule has 1 aromatic rings. The van der Waals surface area contributed by atoms with Crippen LogP contribution in [0.1, 0.15) is 79.7 Å². The summed E-state index contributed by atoms with van der Waals surface area (Å²) < 4.78 is 5.53. The van der Waals surface area contributed by atoms with E-state index in [0.29, 0.717) is 19.4 Å². The first-order chi connectivity index (χ1) is 22.0. The van der Waals surface area contributed by atoms with Crippen LogP contribution in [0, 0.1) is 34.5 Å². The van der Waals surface area contributed by atoms with Gasteiger partial charge in [-0.05, 0) is 46.5 Å². The summed E-state index contributed by atoms with van der Waals surface area (Å²) in [5, 5.41) is 8.28. The molecule has 2 saturated carbocycles. The van der Waals surface area contributed by atoms with Gasteiger partial charge in [-0.1, -0.05) is 98.1 Å². The van der Waals surface area contributed by atoms with Crippen molar-refractivity contribution in [1.29, 1.82) is 0 Å². The number of primary amides is 1. The topological polar surface area (TPSA) is 177 Å². The molecule has 258 valence electrons. The summed E-state index contributed by atoms with van der Waals surface area (Å²) in [6.45, 7) is 13.6. The summed E-state index contributed by atoms with van der Waals surface area (Å²) in [6, 6.07) is 4.58. The summed E-state index contributed by atoms with van der Waals surface area (Å²) in [5.74, 6) is -3.60. The standard InChI is InChI=1S/C35H51N5O7/c1-8-19(2)25(32(45)47-18-21-12-10-9-11-13-21)38-33(46)39-28(34(3,4)5)31(44)40-17-22-24(35(22,6)7)26(40)30(43)37-23(16-20-14-15-20)27(41)29(36)42/h9-13,19-20,22-26,28H,8,14-18H2,1-7H3,(H2,36,42)(H,37,43)(H2,38,39,46)/t19?,22-,23?,24?,25?,26-,28+/m0/s1. The Hall–Kier alpha value is -3.96. The van der Waals surface area contributed by atoms with E-state index in [9.17, 15) is 28.8 Å². The molecule has 1 aromatic carbocycles. The second kappa shape index (κ2) is 14.0. The van der Waals surface area contributed by atoms with Gasteiger partial charge < -0.3 is 31.3 Å². The van der Waals surface area contributed by atoms with Crippen molar-refractivity contribution < 1.29 is 33.5 Å². The van der Waals surface area contributed by atoms with E-state index in [-0.39, 0.29) is 35.7 Å². The maximum atomic E-state index is 14.3. The molecule has 1 saturated heterocycles. The minimum absolute atomic E-state index is 0.0551. The second-order valence-corrected chi connectivity index (χ2v) is 15.2. The van der Waals surface area contributed by atoms with Crippen LogP contribution >= 0.6 is 0 Å². The number of carbonyl (C=O) groups excluding carboxylic acids is 6. The zero-order valence-corrected chi connectivity index (χ0v) is 28.6. The fourth-order valence-electron chi connectivity index (χ4n) is 6.78. The number of likely N-dealkylation sites (tertiary alicyclic amines) is 1. The molecule has 1 aliphatic heterocycles. The lowest BCUT2D eigenvalue weighted by molar-refractivity contribution is -0.148. The second-order valence-electron chi connectivity index (χ2n) is 15.2. The lowest BCUT2D eigenvalue weighted by Crippen LogP contribution is -2.62. The molecule has 3 fully saturated rings. The Morgan fingerprint density at radius 1 is 1.02 bits per heavy atom. The van der Waals surface area contributed by atoms with Crippen molar-refractivity contribution in [2.45, 2.75) is 105 Å². The van der Waals surface area contributed by atoms with Crippen LogP contribution < -0.4 is 21.7 Å². The van der Waals surface area contributed by atoms with Crippen molar-refractivity contribution in [1.82, 2.24) is 20.9 Å². The minimum Gasteiger partial charge on any atom is -0.459 e. The summed E-state index contributed by atoms with van der Waals surface area (Å²) in [5.41, 5.74) is 5.14. The number of amides is 5. The average molecular weight is 654 g/mol. The largest absolute Gasteiger partial charge is 0.459 e. The fourth-order valence-corrected chi connectivity index (χ4v) is 6.78. The fraction of sp³-hybridized carbons (Fsp3) is 0.657. The van der Waals surface area contributed by atoms with E-state index in [1.165, 1.54) is 4.90 Å². The molecule has 0 spiro atoms. The van der Waals surface area contributed by atoms with Crippen LogP contribution in [0.5, 0.6) is 0 Å². The molecule has 0 bridgehead atoms. The summed E-state index contributed by atoms with van der Waals surface area (Å²) in [6.07, 6.45) is 2.74. The molecule has 12 nitrogen and oxygen atoms in total. The first-order valence-electron chi connectivity index (χ1n) is 16.7. The highest BCUT2D eigenvalue weighted by molar-refractivity contribution is 6.37. The molecule has 1 heterocycles. The molecule has 0 radical (unpaired) electrons. The molecule has 5 amide bonds. The summed E-state index contributed by atoms with van der Waals surface area (Å²) >= 11 is 0. The van der Waals surface area contributed by atoms with Gasteiger partial charge in [-0.3, -0.25) is 19.2 Å². The van der Waals surface area contributed by atoms with Crippen molar-refractivity contribution >= 4 is 35.5 Å². The number of ether oxygens (including phenoxy) is 1. The SMILES string of the molecule is CCC(C)C(NC(=O)N[C@H](C(=O)N1C[C@H]2C([C@H]1C(=O)NC(CC1CC1)C(=O)C(N)=O)C2(C)C)C(C)(C)C)C(=O)OCc1ccccc1. The van der Waals surface area contributed by atoms with Crippen LogP contribution in [0.2, 0.25) is 0 Å². The third kappa shape index (κ3) is 8.31. The number of benzene rings is 1. The number of hydrogen-bond acceptors (Lipinski definition) is 7. The average Bonchev–Trinajstić information content (AvgIpc) is 3.87. The zero-order chi connectivity index (χ0) is 34.8. The van der Waals surface area contributed by atoms with Gasteiger partial charge in [-0.15, -0.1) is 0 Å². The third-order valence-corrected chi connectivity index (χ3v) is 10.3. The van der Waals surface area contributed by atoms with Crippen molar-refractivity contribution in [3.63, 3.8) is 0 Å². The number of nitrogens with one attached hydrogen (secondary N) is 3. The lowest BCUT2D eigenvalue weighted by atomic mass is 9.85. The molecular weight excluding hydrogens is 602 g/mol. The summed E-state index contributed by atoms with van der Waals surface area (Å²) in [7, 11) is 0. The van der Waals surface area contributed by atoms with E-state index >= 15 is 0 Å². The van der Waals surface area contributed by atoms with Crippen molar-refractivity contribution in [3.8, 4) is 0 Å². The zero-order valence-electron chi connectivity index (χ0n) is 28.6. The van der Waals surface area contributed by atoms with Crippen LogP contribution in [0.25, 0.3) is 0 Å². The number of piperidine rings is 1. The molecule has 4 unspecified atom stereocenters. The van der Waals surface area contributed by atoms with E-state index in [1.54, 1.807) is 0 Å². The molecule has 7 atom stereocenters. The van der Waals surface area contributed by atoms with Crippen LogP contribution in [0.3, 0.4) is 0 Å². The summed E-state index contributed by atoms with van der Waals surface area (Å²) in [4.78, 5) is 80.6. The van der Waals surface area contributed by atoms with Crippen LogP contribution in [0.15, 0.2) is 30.3 Å². The Morgan fingerprint density at radius 3 is 2.21 bits per heavy atom. The maximum absolute atomic E-state index is 14.3. The van der Waals surface area contributed by atoms with Gasteiger partial charge in [-0.25, -0.2) is 9.59 Å². The quantitative estimate of drug-likeness (QED) is 0.176. The predicted molar refractivity (Wildman–Crippen MR) is 174 cm³/mol. The van der Waals surface area contributed by atoms with E-state index < -0.39 is 65.1 Å². The normalized spacial score (nSPS) is 23.7. The molecule has 3 aliphatic rings. The van der Waals surface area contributed by atoms with Gasteiger partial charge in [0.1, 0.15) is 24.7 Å². The first-order valence-corrected chi connectivity index (χ1v) is 16.7. The predicted octanol–water partition coefficient (Wildman–Crippen LogP) is 2.68.